The lowest BCUT2D eigenvalue weighted by Gasteiger charge is -2.26. The van der Waals surface area contributed by atoms with Gasteiger partial charge in [-0.2, -0.15) is 4.37 Å². The van der Waals surface area contributed by atoms with Gasteiger partial charge < -0.3 is 10.2 Å². The average Bonchev–Trinajstić information content (AvgIpc) is 2.77. The van der Waals surface area contributed by atoms with E-state index in [1.807, 2.05) is 6.92 Å². The second-order valence-electron chi connectivity index (χ2n) is 3.77. The number of hydrogen-bond donors (Lipinski definition) is 1. The number of anilines is 1. The molecule has 1 N–H and O–H groups in total. The van der Waals surface area contributed by atoms with Crippen molar-refractivity contribution in [2.75, 3.05) is 18.0 Å². The summed E-state index contributed by atoms with van der Waals surface area (Å²) in [6.45, 7) is 4.18. The van der Waals surface area contributed by atoms with E-state index in [1.165, 1.54) is 18.0 Å². The zero-order valence-electron chi connectivity index (χ0n) is 7.53. The Morgan fingerprint density at radius 2 is 2.54 bits per heavy atom. The summed E-state index contributed by atoms with van der Waals surface area (Å²) in [5, 5.41) is 4.58. The molecule has 1 aromatic heterocycles. The van der Waals surface area contributed by atoms with Gasteiger partial charge in [0.25, 0.3) is 0 Å². The Labute approximate surface area is 81.1 Å². The highest BCUT2D eigenvalue weighted by Crippen LogP contribution is 2.30. The number of aromatic nitrogens is 2. The third kappa shape index (κ3) is 1.14. The predicted octanol–water partition coefficient (Wildman–Crippen LogP) is 0.397. The van der Waals surface area contributed by atoms with Gasteiger partial charge in [0, 0.05) is 36.7 Å². The molecule has 0 amide bonds. The molecule has 13 heavy (non-hydrogen) atoms. The normalized spacial score (nSPS) is 31.6. The van der Waals surface area contributed by atoms with E-state index >= 15 is 0 Å². The van der Waals surface area contributed by atoms with Crippen LogP contribution in [-0.2, 0) is 0 Å². The van der Waals surface area contributed by atoms with E-state index < -0.39 is 0 Å². The highest BCUT2D eigenvalue weighted by atomic mass is 32.1. The van der Waals surface area contributed by atoms with Crippen molar-refractivity contribution in [2.24, 2.45) is 0 Å². The zero-order valence-corrected chi connectivity index (χ0v) is 8.34. The van der Waals surface area contributed by atoms with E-state index in [9.17, 15) is 0 Å². The molecular weight excluding hydrogens is 184 g/mol. The van der Waals surface area contributed by atoms with Gasteiger partial charge in [0.1, 0.15) is 5.82 Å². The summed E-state index contributed by atoms with van der Waals surface area (Å²) in [5.41, 5.74) is 0. The molecule has 5 heteroatoms. The summed E-state index contributed by atoms with van der Waals surface area (Å²) >= 11 is 1.52. The smallest absolute Gasteiger partial charge is 0.205 e. The number of hydrogen-bond acceptors (Lipinski definition) is 5. The van der Waals surface area contributed by atoms with Crippen molar-refractivity contribution in [3.05, 3.63) is 5.82 Å². The van der Waals surface area contributed by atoms with Crippen LogP contribution in [0.2, 0.25) is 0 Å². The van der Waals surface area contributed by atoms with Gasteiger partial charge in [-0.15, -0.1) is 0 Å². The largest absolute Gasteiger partial charge is 0.341 e. The highest BCUT2D eigenvalue weighted by Gasteiger charge is 2.38. The SMILES string of the molecule is Cc1nsc(N2C[C@H]3C[C@@H]2CN3)n1. The highest BCUT2D eigenvalue weighted by molar-refractivity contribution is 7.09. The first-order chi connectivity index (χ1) is 6.33. The summed E-state index contributed by atoms with van der Waals surface area (Å²) in [7, 11) is 0. The Hall–Kier alpha value is -0.680. The predicted molar refractivity (Wildman–Crippen MR) is 52.2 cm³/mol. The van der Waals surface area contributed by atoms with Crippen LogP contribution in [0.1, 0.15) is 12.2 Å². The number of piperazine rings is 1. The van der Waals surface area contributed by atoms with Crippen LogP contribution < -0.4 is 10.2 Å². The second kappa shape index (κ2) is 2.65. The molecule has 2 aliphatic heterocycles. The number of nitrogens with zero attached hydrogens (tertiary/aromatic N) is 3. The van der Waals surface area contributed by atoms with Gasteiger partial charge in [-0.05, 0) is 13.3 Å². The molecule has 3 rings (SSSR count). The fourth-order valence-electron chi connectivity index (χ4n) is 2.20. The van der Waals surface area contributed by atoms with E-state index in [1.54, 1.807) is 0 Å². The van der Waals surface area contributed by atoms with Crippen LogP contribution in [0.25, 0.3) is 0 Å². The average molecular weight is 196 g/mol. The van der Waals surface area contributed by atoms with Crippen molar-refractivity contribution >= 4 is 16.7 Å². The molecule has 0 unspecified atom stereocenters. The molecule has 0 aromatic carbocycles. The summed E-state index contributed by atoms with van der Waals surface area (Å²) in [6, 6.07) is 1.35. The molecule has 2 atom stereocenters. The van der Waals surface area contributed by atoms with Gasteiger partial charge >= 0.3 is 0 Å². The molecular formula is C8H12N4S. The zero-order chi connectivity index (χ0) is 8.84. The number of aryl methyl sites for hydroxylation is 1. The molecule has 2 saturated heterocycles. The molecule has 70 valence electrons. The lowest BCUT2D eigenvalue weighted by Crippen LogP contribution is -2.43. The van der Waals surface area contributed by atoms with Crippen LogP contribution in [-0.4, -0.2) is 34.5 Å². The Bertz CT molecular complexity index is 324. The Morgan fingerprint density at radius 3 is 3.08 bits per heavy atom. The first-order valence-corrected chi connectivity index (χ1v) is 5.40. The van der Waals surface area contributed by atoms with E-state index in [0.29, 0.717) is 12.1 Å². The third-order valence-corrected chi connectivity index (χ3v) is 3.66. The molecule has 1 aromatic rings. The van der Waals surface area contributed by atoms with Crippen molar-refractivity contribution < 1.29 is 0 Å². The maximum Gasteiger partial charge on any atom is 0.205 e. The van der Waals surface area contributed by atoms with Crippen LogP contribution in [0.5, 0.6) is 0 Å². The summed E-state index contributed by atoms with van der Waals surface area (Å²) in [5.74, 6) is 0.899. The molecule has 0 spiro atoms. The van der Waals surface area contributed by atoms with E-state index in [4.69, 9.17) is 0 Å². The van der Waals surface area contributed by atoms with Crippen molar-refractivity contribution in [2.45, 2.75) is 25.4 Å². The number of fused-ring (bicyclic) bond motifs is 2. The van der Waals surface area contributed by atoms with Gasteiger partial charge in [0.05, 0.1) is 0 Å². The molecule has 2 fully saturated rings. The summed E-state index contributed by atoms with van der Waals surface area (Å²) < 4.78 is 4.21. The van der Waals surface area contributed by atoms with E-state index in [0.717, 1.165) is 24.0 Å². The molecule has 0 saturated carbocycles. The number of rotatable bonds is 1. The van der Waals surface area contributed by atoms with Crippen molar-refractivity contribution in [1.29, 1.82) is 0 Å². The van der Waals surface area contributed by atoms with Crippen LogP contribution in [0.3, 0.4) is 0 Å². The topological polar surface area (TPSA) is 41.1 Å². The maximum atomic E-state index is 4.42. The number of nitrogens with one attached hydrogen (secondary N) is 1. The Kier molecular flexibility index (Phi) is 1.57. The molecule has 2 bridgehead atoms. The fraction of sp³-hybridized carbons (Fsp3) is 0.750. The Morgan fingerprint density at radius 1 is 1.62 bits per heavy atom. The standard InChI is InChI=1S/C8H12N4S/c1-5-10-8(13-11-5)12-4-6-2-7(12)3-9-6/h6-7,9H,2-4H2,1H3/t6-,7-/m1/s1. The monoisotopic (exact) mass is 196 g/mol. The molecule has 3 heterocycles. The van der Waals surface area contributed by atoms with Gasteiger partial charge in [0.15, 0.2) is 0 Å². The summed E-state index contributed by atoms with van der Waals surface area (Å²) in [4.78, 5) is 6.81. The summed E-state index contributed by atoms with van der Waals surface area (Å²) in [6.07, 6.45) is 1.28. The minimum atomic E-state index is 0.664. The fourth-order valence-corrected chi connectivity index (χ4v) is 2.95. The van der Waals surface area contributed by atoms with Crippen molar-refractivity contribution in [3.63, 3.8) is 0 Å². The van der Waals surface area contributed by atoms with Crippen LogP contribution in [0, 0.1) is 6.92 Å². The second-order valence-corrected chi connectivity index (χ2v) is 4.50. The lowest BCUT2D eigenvalue weighted by atomic mass is 10.2. The molecule has 0 radical (unpaired) electrons. The van der Waals surface area contributed by atoms with Crippen molar-refractivity contribution in [1.82, 2.24) is 14.7 Å². The quantitative estimate of drug-likeness (QED) is 0.706. The van der Waals surface area contributed by atoms with E-state index in [-0.39, 0.29) is 0 Å². The minimum absolute atomic E-state index is 0.664. The molecule has 0 aliphatic carbocycles. The van der Waals surface area contributed by atoms with Gasteiger partial charge in [-0.25, -0.2) is 4.98 Å². The van der Waals surface area contributed by atoms with Crippen LogP contribution >= 0.6 is 11.5 Å². The lowest BCUT2D eigenvalue weighted by molar-refractivity contribution is 0.579. The van der Waals surface area contributed by atoms with Crippen LogP contribution in [0.4, 0.5) is 5.13 Å². The van der Waals surface area contributed by atoms with Gasteiger partial charge in [-0.1, -0.05) is 0 Å². The van der Waals surface area contributed by atoms with Crippen molar-refractivity contribution in [3.8, 4) is 0 Å². The maximum absolute atomic E-state index is 4.42. The first-order valence-electron chi connectivity index (χ1n) is 4.63. The van der Waals surface area contributed by atoms with Gasteiger partial charge in [-0.3, -0.25) is 0 Å². The minimum Gasteiger partial charge on any atom is -0.341 e. The molecule has 4 nitrogen and oxygen atoms in total. The van der Waals surface area contributed by atoms with Gasteiger partial charge in [0.2, 0.25) is 5.13 Å². The van der Waals surface area contributed by atoms with E-state index in [2.05, 4.69) is 19.6 Å². The van der Waals surface area contributed by atoms with Crippen LogP contribution in [0.15, 0.2) is 0 Å². The molecule has 2 aliphatic rings. The third-order valence-electron chi connectivity index (χ3n) is 2.82. The first kappa shape index (κ1) is 7.70. The Balaban J connectivity index is 1.87.